The van der Waals surface area contributed by atoms with Crippen molar-refractivity contribution in [3.63, 3.8) is 0 Å². The minimum absolute atomic E-state index is 0.277. The van der Waals surface area contributed by atoms with Crippen LogP contribution in [0.3, 0.4) is 0 Å². The predicted molar refractivity (Wildman–Crippen MR) is 87.6 cm³/mol. The van der Waals surface area contributed by atoms with Crippen molar-refractivity contribution in [2.24, 2.45) is 16.9 Å². The first kappa shape index (κ1) is 15.6. The van der Waals surface area contributed by atoms with Crippen molar-refractivity contribution in [1.82, 2.24) is 5.43 Å². The molecule has 6 heteroatoms. The topological polar surface area (TPSA) is 50.7 Å². The lowest BCUT2D eigenvalue weighted by atomic mass is 9.99. The van der Waals surface area contributed by atoms with Gasteiger partial charge in [-0.15, -0.1) is 0 Å². The summed E-state index contributed by atoms with van der Waals surface area (Å²) in [5.74, 6) is 1.48. The molecule has 0 unspecified atom stereocenters. The normalized spacial score (nSPS) is 26.2. The summed E-state index contributed by atoms with van der Waals surface area (Å²) in [6.45, 7) is 1.67. The lowest BCUT2D eigenvalue weighted by molar-refractivity contribution is -0.127. The highest BCUT2D eigenvalue weighted by molar-refractivity contribution is 6.35. The van der Waals surface area contributed by atoms with Crippen molar-refractivity contribution in [3.05, 3.63) is 28.2 Å². The Morgan fingerprint density at radius 3 is 2.86 bits per heavy atom. The molecule has 1 amide bonds. The van der Waals surface area contributed by atoms with Crippen molar-refractivity contribution in [2.75, 3.05) is 0 Å². The van der Waals surface area contributed by atoms with Crippen LogP contribution in [0.5, 0.6) is 5.75 Å². The molecule has 0 radical (unpaired) electrons. The van der Waals surface area contributed by atoms with Crippen LogP contribution < -0.4 is 10.2 Å². The predicted octanol–water partition coefficient (Wildman–Crippen LogP) is 4.05. The number of halogens is 2. The molecule has 2 aliphatic carbocycles. The molecule has 2 aliphatic rings. The number of amides is 1. The van der Waals surface area contributed by atoms with Crippen molar-refractivity contribution in [3.8, 4) is 5.75 Å². The summed E-state index contributed by atoms with van der Waals surface area (Å²) in [5, 5.41) is 5.19. The first-order chi connectivity index (χ1) is 10.5. The summed E-state index contributed by atoms with van der Waals surface area (Å²) >= 11 is 11.9. The third-order valence-electron chi connectivity index (χ3n) is 4.39. The van der Waals surface area contributed by atoms with Gasteiger partial charge in [0.2, 0.25) is 0 Å². The van der Waals surface area contributed by atoms with Crippen molar-refractivity contribution >= 4 is 34.8 Å². The van der Waals surface area contributed by atoms with E-state index in [4.69, 9.17) is 27.9 Å². The number of hydrogen-bond acceptors (Lipinski definition) is 3. The maximum Gasteiger partial charge on any atom is 0.280 e. The molecule has 2 bridgehead atoms. The fourth-order valence-corrected chi connectivity index (χ4v) is 3.65. The van der Waals surface area contributed by atoms with Gasteiger partial charge in [0.05, 0.1) is 5.02 Å². The van der Waals surface area contributed by atoms with E-state index in [2.05, 4.69) is 10.5 Å². The van der Waals surface area contributed by atoms with Crippen molar-refractivity contribution in [1.29, 1.82) is 0 Å². The summed E-state index contributed by atoms with van der Waals surface area (Å²) in [6.07, 6.45) is 4.06. The number of rotatable bonds is 4. The largest absolute Gasteiger partial charge is 0.479 e. The van der Waals surface area contributed by atoms with Gasteiger partial charge in [-0.25, -0.2) is 5.43 Å². The van der Waals surface area contributed by atoms with E-state index in [1.54, 1.807) is 25.1 Å². The number of carbonyl (C=O) groups excluding carboxylic acids is 1. The van der Waals surface area contributed by atoms with Gasteiger partial charge in [-0.05, 0) is 62.6 Å². The SMILES string of the molecule is C[C@@H](Oc1ccc(Cl)cc1Cl)C(=O)N/N=C1\C[C@H]2CC[C@@H]1C2. The van der Waals surface area contributed by atoms with Crippen LogP contribution in [-0.4, -0.2) is 17.7 Å². The maximum absolute atomic E-state index is 12.1. The highest BCUT2D eigenvalue weighted by Gasteiger charge is 2.36. The molecule has 22 heavy (non-hydrogen) atoms. The van der Waals surface area contributed by atoms with Gasteiger partial charge >= 0.3 is 0 Å². The standard InChI is InChI=1S/C16H18Cl2N2O2/c1-9(22-15-5-4-12(17)8-13(15)18)16(21)20-19-14-7-10-2-3-11(14)6-10/h4-5,8-11H,2-3,6-7H2,1H3,(H,20,21)/b19-14+/t9-,10+,11-/m1/s1. The van der Waals surface area contributed by atoms with Crippen LogP contribution in [0.2, 0.25) is 10.0 Å². The van der Waals surface area contributed by atoms with Crippen LogP contribution in [0.15, 0.2) is 23.3 Å². The molecule has 0 aromatic heterocycles. The second-order valence-corrected chi connectivity index (χ2v) is 6.84. The third-order valence-corrected chi connectivity index (χ3v) is 4.92. The summed E-state index contributed by atoms with van der Waals surface area (Å²) in [7, 11) is 0. The summed E-state index contributed by atoms with van der Waals surface area (Å²) in [4.78, 5) is 12.1. The van der Waals surface area contributed by atoms with Crippen LogP contribution in [0.4, 0.5) is 0 Å². The molecule has 0 spiro atoms. The van der Waals surface area contributed by atoms with Gasteiger partial charge in [0.15, 0.2) is 6.10 Å². The quantitative estimate of drug-likeness (QED) is 0.840. The number of hydrazone groups is 1. The van der Waals surface area contributed by atoms with Gasteiger partial charge in [0.1, 0.15) is 5.75 Å². The van der Waals surface area contributed by atoms with E-state index in [9.17, 15) is 4.79 Å². The summed E-state index contributed by atoms with van der Waals surface area (Å²) < 4.78 is 5.57. The molecule has 3 rings (SSSR count). The molecule has 0 heterocycles. The number of benzene rings is 1. The first-order valence-corrected chi connectivity index (χ1v) is 8.26. The zero-order valence-corrected chi connectivity index (χ0v) is 13.8. The van der Waals surface area contributed by atoms with E-state index >= 15 is 0 Å². The molecular weight excluding hydrogens is 323 g/mol. The van der Waals surface area contributed by atoms with E-state index in [1.165, 1.54) is 19.3 Å². The van der Waals surface area contributed by atoms with Gasteiger partial charge in [-0.3, -0.25) is 4.79 Å². The second-order valence-electron chi connectivity index (χ2n) is 5.99. The zero-order valence-electron chi connectivity index (χ0n) is 12.3. The lowest BCUT2D eigenvalue weighted by Crippen LogP contribution is -2.34. The average molecular weight is 341 g/mol. The Bertz CT molecular complexity index is 618. The van der Waals surface area contributed by atoms with Crippen LogP contribution in [-0.2, 0) is 4.79 Å². The zero-order chi connectivity index (χ0) is 15.7. The van der Waals surface area contributed by atoms with E-state index in [-0.39, 0.29) is 5.91 Å². The number of fused-ring (bicyclic) bond motifs is 2. The van der Waals surface area contributed by atoms with Crippen LogP contribution in [0.1, 0.15) is 32.6 Å². The van der Waals surface area contributed by atoms with Crippen LogP contribution in [0, 0.1) is 11.8 Å². The Labute approximate surface area is 139 Å². The molecule has 0 saturated heterocycles. The van der Waals surface area contributed by atoms with Gasteiger partial charge in [0.25, 0.3) is 5.91 Å². The second kappa shape index (κ2) is 6.47. The first-order valence-electron chi connectivity index (χ1n) is 7.51. The Hall–Kier alpha value is -1.26. The van der Waals surface area contributed by atoms with Gasteiger partial charge < -0.3 is 4.74 Å². The van der Waals surface area contributed by atoms with Gasteiger partial charge in [-0.1, -0.05) is 23.2 Å². The number of nitrogens with one attached hydrogen (secondary N) is 1. The Kier molecular flexibility index (Phi) is 4.59. The minimum Gasteiger partial charge on any atom is -0.479 e. The minimum atomic E-state index is -0.679. The summed E-state index contributed by atoms with van der Waals surface area (Å²) in [5.41, 5.74) is 3.74. The van der Waals surface area contributed by atoms with Gasteiger partial charge in [0, 0.05) is 10.7 Å². The van der Waals surface area contributed by atoms with E-state index < -0.39 is 6.10 Å². The monoisotopic (exact) mass is 340 g/mol. The number of hydrogen-bond donors (Lipinski definition) is 1. The van der Waals surface area contributed by atoms with Crippen molar-refractivity contribution < 1.29 is 9.53 Å². The Morgan fingerprint density at radius 1 is 1.41 bits per heavy atom. The molecule has 1 aromatic carbocycles. The third kappa shape index (κ3) is 3.39. The molecule has 0 aliphatic heterocycles. The van der Waals surface area contributed by atoms with Crippen LogP contribution >= 0.6 is 23.2 Å². The molecule has 2 saturated carbocycles. The molecule has 3 atom stereocenters. The smallest absolute Gasteiger partial charge is 0.280 e. The average Bonchev–Trinajstić information content (AvgIpc) is 3.10. The van der Waals surface area contributed by atoms with Crippen LogP contribution in [0.25, 0.3) is 0 Å². The molecule has 4 nitrogen and oxygen atoms in total. The van der Waals surface area contributed by atoms with E-state index in [0.717, 1.165) is 18.1 Å². The summed E-state index contributed by atoms with van der Waals surface area (Å²) in [6, 6.07) is 4.90. The highest BCUT2D eigenvalue weighted by Crippen LogP contribution is 2.42. The lowest BCUT2D eigenvalue weighted by Gasteiger charge is -2.16. The Morgan fingerprint density at radius 2 is 2.23 bits per heavy atom. The Balaban J connectivity index is 1.57. The highest BCUT2D eigenvalue weighted by atomic mass is 35.5. The molecular formula is C16H18Cl2N2O2. The van der Waals surface area contributed by atoms with Gasteiger partial charge in [-0.2, -0.15) is 5.10 Å². The maximum atomic E-state index is 12.1. The molecule has 1 N–H and O–H groups in total. The molecule has 118 valence electrons. The van der Waals surface area contributed by atoms with Crippen molar-refractivity contribution in [2.45, 2.75) is 38.7 Å². The fraction of sp³-hybridized carbons (Fsp3) is 0.500. The number of carbonyl (C=O) groups is 1. The fourth-order valence-electron chi connectivity index (χ4n) is 3.19. The number of ether oxygens (including phenoxy) is 1. The molecule has 2 fully saturated rings. The molecule has 1 aromatic rings. The van der Waals surface area contributed by atoms with E-state index in [0.29, 0.717) is 21.7 Å². The van der Waals surface area contributed by atoms with E-state index in [1.807, 2.05) is 0 Å². The number of nitrogens with zero attached hydrogens (tertiary/aromatic N) is 1.